The lowest BCUT2D eigenvalue weighted by Crippen LogP contribution is -2.41. The maximum Gasteiger partial charge on any atom is 0.315 e. The normalized spacial score (nSPS) is 10.5. The summed E-state index contributed by atoms with van der Waals surface area (Å²) in [7, 11) is 0. The van der Waals surface area contributed by atoms with Gasteiger partial charge in [-0.1, -0.05) is 30.3 Å². The van der Waals surface area contributed by atoms with Crippen molar-refractivity contribution in [3.8, 4) is 0 Å². The van der Waals surface area contributed by atoms with Crippen LogP contribution in [0.1, 0.15) is 19.4 Å². The summed E-state index contributed by atoms with van der Waals surface area (Å²) in [4.78, 5) is 11.6. The number of rotatable bonds is 8. The smallest absolute Gasteiger partial charge is 0.315 e. The average Bonchev–Trinajstić information content (AvgIpc) is 2.44. The third kappa shape index (κ3) is 6.79. The predicted octanol–water partition coefficient (Wildman–Crippen LogP) is 1.88. The molecule has 19 heavy (non-hydrogen) atoms. The van der Waals surface area contributed by atoms with E-state index in [2.05, 4.69) is 10.6 Å². The molecule has 0 aliphatic rings. The molecule has 1 aromatic rings. The van der Waals surface area contributed by atoms with Crippen LogP contribution in [0.4, 0.5) is 4.79 Å². The van der Waals surface area contributed by atoms with Gasteiger partial charge < -0.3 is 20.1 Å². The fourth-order valence-electron chi connectivity index (χ4n) is 1.55. The Morgan fingerprint density at radius 1 is 1.11 bits per heavy atom. The molecule has 106 valence electrons. The molecule has 0 bridgehead atoms. The minimum atomic E-state index is -0.391. The average molecular weight is 266 g/mol. The molecule has 0 atom stereocenters. The lowest BCUT2D eigenvalue weighted by molar-refractivity contribution is -0.131. The van der Waals surface area contributed by atoms with Crippen LogP contribution in [0.2, 0.25) is 0 Å². The zero-order valence-corrected chi connectivity index (χ0v) is 11.5. The molecule has 1 aromatic carbocycles. The van der Waals surface area contributed by atoms with Gasteiger partial charge in [0.2, 0.25) is 0 Å². The summed E-state index contributed by atoms with van der Waals surface area (Å²) in [5.41, 5.74) is 1.06. The molecule has 2 N–H and O–H groups in total. The van der Waals surface area contributed by atoms with Crippen molar-refractivity contribution in [1.82, 2.24) is 10.6 Å². The summed E-state index contributed by atoms with van der Waals surface area (Å²) in [5.74, 6) is 0. The number of nitrogens with one attached hydrogen (secondary N) is 2. The first-order valence-corrected chi connectivity index (χ1v) is 6.55. The Bertz CT molecular complexity index is 351. The van der Waals surface area contributed by atoms with Crippen LogP contribution in [0.25, 0.3) is 0 Å². The summed E-state index contributed by atoms with van der Waals surface area (Å²) in [6, 6.07) is 9.52. The van der Waals surface area contributed by atoms with Crippen molar-refractivity contribution in [2.75, 3.05) is 19.8 Å². The number of benzene rings is 1. The van der Waals surface area contributed by atoms with E-state index in [4.69, 9.17) is 9.47 Å². The number of hydrogen-bond donors (Lipinski definition) is 2. The van der Waals surface area contributed by atoms with Crippen LogP contribution in [0.3, 0.4) is 0 Å². The molecule has 0 fully saturated rings. The zero-order valence-electron chi connectivity index (χ0n) is 11.5. The van der Waals surface area contributed by atoms with Crippen LogP contribution in [0.15, 0.2) is 30.3 Å². The van der Waals surface area contributed by atoms with E-state index in [0.29, 0.717) is 26.3 Å². The van der Waals surface area contributed by atoms with E-state index in [0.717, 1.165) is 5.56 Å². The highest BCUT2D eigenvalue weighted by Crippen LogP contribution is 1.97. The molecule has 5 heteroatoms. The van der Waals surface area contributed by atoms with Gasteiger partial charge >= 0.3 is 6.03 Å². The number of carbonyl (C=O) groups is 1. The largest absolute Gasteiger partial charge is 0.351 e. The number of carbonyl (C=O) groups excluding carboxylic acids is 1. The van der Waals surface area contributed by atoms with Crippen LogP contribution >= 0.6 is 0 Å². The van der Waals surface area contributed by atoms with E-state index >= 15 is 0 Å². The summed E-state index contributed by atoms with van der Waals surface area (Å²) >= 11 is 0. The van der Waals surface area contributed by atoms with Gasteiger partial charge in [0.25, 0.3) is 0 Å². The van der Waals surface area contributed by atoms with Gasteiger partial charge in [0, 0.05) is 19.8 Å². The molecule has 0 unspecified atom stereocenters. The maximum atomic E-state index is 11.6. The number of hydrogen-bond acceptors (Lipinski definition) is 3. The molecular weight excluding hydrogens is 244 g/mol. The van der Waals surface area contributed by atoms with Crippen molar-refractivity contribution in [2.24, 2.45) is 0 Å². The Morgan fingerprint density at radius 2 is 1.74 bits per heavy atom. The second kappa shape index (κ2) is 9.35. The molecule has 0 saturated heterocycles. The summed E-state index contributed by atoms with van der Waals surface area (Å²) in [5, 5.41) is 5.50. The Hall–Kier alpha value is -1.59. The lowest BCUT2D eigenvalue weighted by Gasteiger charge is -2.17. The number of urea groups is 1. The molecule has 0 radical (unpaired) electrons. The molecule has 0 spiro atoms. The SMILES string of the molecule is CCOC(CNC(=O)NCc1ccccc1)OCC. The molecule has 0 heterocycles. The Morgan fingerprint density at radius 3 is 2.32 bits per heavy atom. The maximum absolute atomic E-state index is 11.6. The van der Waals surface area contributed by atoms with E-state index in [1.54, 1.807) is 0 Å². The Labute approximate surface area is 114 Å². The van der Waals surface area contributed by atoms with Gasteiger partial charge in [0.1, 0.15) is 0 Å². The number of ether oxygens (including phenoxy) is 2. The van der Waals surface area contributed by atoms with E-state index in [-0.39, 0.29) is 6.03 Å². The Kier molecular flexibility index (Phi) is 7.62. The third-order valence-corrected chi connectivity index (χ3v) is 2.43. The van der Waals surface area contributed by atoms with Gasteiger partial charge in [-0.05, 0) is 19.4 Å². The summed E-state index contributed by atoms with van der Waals surface area (Å²) < 4.78 is 10.7. The van der Waals surface area contributed by atoms with Gasteiger partial charge in [0.05, 0.1) is 6.54 Å². The molecule has 0 saturated carbocycles. The first kappa shape index (κ1) is 15.5. The first-order valence-electron chi connectivity index (χ1n) is 6.55. The highest BCUT2D eigenvalue weighted by Gasteiger charge is 2.09. The van der Waals surface area contributed by atoms with Crippen LogP contribution in [-0.4, -0.2) is 32.1 Å². The van der Waals surface area contributed by atoms with Crippen LogP contribution in [-0.2, 0) is 16.0 Å². The van der Waals surface area contributed by atoms with Crippen molar-refractivity contribution >= 4 is 6.03 Å². The van der Waals surface area contributed by atoms with Crippen molar-refractivity contribution in [1.29, 1.82) is 0 Å². The molecule has 0 aromatic heterocycles. The minimum Gasteiger partial charge on any atom is -0.351 e. The first-order chi connectivity index (χ1) is 9.26. The zero-order chi connectivity index (χ0) is 13.9. The van der Waals surface area contributed by atoms with E-state index in [9.17, 15) is 4.79 Å². The molecule has 0 aliphatic heterocycles. The highest BCUT2D eigenvalue weighted by atomic mass is 16.7. The molecule has 0 aliphatic carbocycles. The van der Waals surface area contributed by atoms with Crippen molar-refractivity contribution in [3.63, 3.8) is 0 Å². The standard InChI is InChI=1S/C14H22N2O3/c1-3-18-13(19-4-2)11-16-14(17)15-10-12-8-6-5-7-9-12/h5-9,13H,3-4,10-11H2,1-2H3,(H2,15,16,17). The van der Waals surface area contributed by atoms with Gasteiger partial charge in [-0.2, -0.15) is 0 Å². The highest BCUT2D eigenvalue weighted by molar-refractivity contribution is 5.73. The van der Waals surface area contributed by atoms with Gasteiger partial charge in [0.15, 0.2) is 6.29 Å². The molecule has 5 nitrogen and oxygen atoms in total. The summed E-state index contributed by atoms with van der Waals surface area (Å²) in [6.45, 7) is 5.72. The molecule has 2 amide bonds. The van der Waals surface area contributed by atoms with Crippen molar-refractivity contribution < 1.29 is 14.3 Å². The fourth-order valence-corrected chi connectivity index (χ4v) is 1.55. The third-order valence-electron chi connectivity index (χ3n) is 2.43. The molecule has 1 rings (SSSR count). The lowest BCUT2D eigenvalue weighted by atomic mass is 10.2. The predicted molar refractivity (Wildman–Crippen MR) is 73.7 cm³/mol. The van der Waals surface area contributed by atoms with Gasteiger partial charge in [-0.3, -0.25) is 0 Å². The second-order valence-electron chi connectivity index (χ2n) is 3.89. The van der Waals surface area contributed by atoms with E-state index < -0.39 is 6.29 Å². The monoisotopic (exact) mass is 266 g/mol. The fraction of sp³-hybridized carbons (Fsp3) is 0.500. The minimum absolute atomic E-state index is 0.228. The number of amides is 2. The van der Waals surface area contributed by atoms with Crippen LogP contribution in [0, 0.1) is 0 Å². The van der Waals surface area contributed by atoms with E-state index in [1.165, 1.54) is 0 Å². The van der Waals surface area contributed by atoms with Crippen LogP contribution in [0.5, 0.6) is 0 Å². The van der Waals surface area contributed by atoms with Crippen molar-refractivity contribution in [3.05, 3.63) is 35.9 Å². The van der Waals surface area contributed by atoms with Crippen LogP contribution < -0.4 is 10.6 Å². The van der Waals surface area contributed by atoms with E-state index in [1.807, 2.05) is 44.2 Å². The Balaban J connectivity index is 2.23. The summed E-state index contributed by atoms with van der Waals surface area (Å²) in [6.07, 6.45) is -0.391. The second-order valence-corrected chi connectivity index (χ2v) is 3.89. The topological polar surface area (TPSA) is 59.6 Å². The molecular formula is C14H22N2O3. The van der Waals surface area contributed by atoms with Gasteiger partial charge in [-0.25, -0.2) is 4.79 Å². The van der Waals surface area contributed by atoms with Gasteiger partial charge in [-0.15, -0.1) is 0 Å². The quantitative estimate of drug-likeness (QED) is 0.706. The van der Waals surface area contributed by atoms with Crippen molar-refractivity contribution in [2.45, 2.75) is 26.7 Å².